The number of rotatable bonds is 7. The molecular weight excluding hydrogens is 410 g/mol. The topological polar surface area (TPSA) is 82.3 Å². The summed E-state index contributed by atoms with van der Waals surface area (Å²) in [6, 6.07) is 23.0. The first-order valence-corrected chi connectivity index (χ1v) is 11.4. The minimum atomic E-state index is -3.90. The van der Waals surface area contributed by atoms with Gasteiger partial charge in [0.25, 0.3) is 15.9 Å². The molecule has 1 amide bonds. The van der Waals surface area contributed by atoms with Crippen molar-refractivity contribution in [3.63, 3.8) is 0 Å². The van der Waals surface area contributed by atoms with E-state index in [4.69, 9.17) is 0 Å². The molecule has 1 aromatic heterocycles. The van der Waals surface area contributed by atoms with Gasteiger partial charge in [-0.05, 0) is 42.3 Å². The van der Waals surface area contributed by atoms with Gasteiger partial charge in [0.2, 0.25) is 0 Å². The third kappa shape index (κ3) is 4.18. The molecule has 3 aromatic carbocycles. The Labute approximate surface area is 181 Å². The van der Waals surface area contributed by atoms with Gasteiger partial charge in [0.1, 0.15) is 4.90 Å². The van der Waals surface area contributed by atoms with Gasteiger partial charge in [-0.15, -0.1) is 0 Å². The molecule has 31 heavy (non-hydrogen) atoms. The van der Waals surface area contributed by atoms with Crippen molar-refractivity contribution >= 4 is 32.5 Å². The van der Waals surface area contributed by atoms with E-state index in [1.807, 2.05) is 36.5 Å². The van der Waals surface area contributed by atoms with Crippen molar-refractivity contribution in [2.75, 3.05) is 17.9 Å². The van der Waals surface area contributed by atoms with Crippen LogP contribution in [0.4, 0.5) is 5.69 Å². The number of fused-ring (bicyclic) bond motifs is 1. The molecule has 0 fully saturated rings. The molecule has 0 aliphatic heterocycles. The minimum absolute atomic E-state index is 0.0223. The van der Waals surface area contributed by atoms with Crippen LogP contribution in [0.2, 0.25) is 0 Å². The highest BCUT2D eigenvalue weighted by Gasteiger charge is 2.26. The van der Waals surface area contributed by atoms with E-state index in [1.165, 1.54) is 23.5 Å². The fourth-order valence-corrected chi connectivity index (χ4v) is 4.93. The van der Waals surface area contributed by atoms with Crippen molar-refractivity contribution in [3.05, 3.63) is 96.2 Å². The van der Waals surface area contributed by atoms with Crippen molar-refractivity contribution in [1.82, 2.24) is 10.3 Å². The van der Waals surface area contributed by atoms with Crippen LogP contribution in [-0.2, 0) is 16.4 Å². The third-order valence-corrected chi connectivity index (χ3v) is 7.09. The van der Waals surface area contributed by atoms with E-state index in [0.717, 1.165) is 16.5 Å². The molecule has 0 unspecified atom stereocenters. The molecule has 0 radical (unpaired) electrons. The summed E-state index contributed by atoms with van der Waals surface area (Å²) in [7, 11) is -2.41. The molecule has 0 saturated carbocycles. The summed E-state index contributed by atoms with van der Waals surface area (Å²) in [6.07, 6.45) is 2.57. The molecule has 4 aromatic rings. The number of nitrogens with zero attached hydrogens (tertiary/aromatic N) is 1. The molecule has 0 aliphatic rings. The Bertz CT molecular complexity index is 1310. The van der Waals surface area contributed by atoms with Crippen molar-refractivity contribution in [2.24, 2.45) is 0 Å². The largest absolute Gasteiger partial charge is 0.361 e. The fourth-order valence-electron chi connectivity index (χ4n) is 3.55. The standard InChI is InChI=1S/C24H23N3O3S/c1-27(19-9-3-2-4-10-19)31(29,30)23-14-8-6-12-21(23)24(28)25-16-15-18-17-26-22-13-7-5-11-20(18)22/h2-14,17,26H,15-16H2,1H3,(H,25,28). The van der Waals surface area contributed by atoms with Crippen molar-refractivity contribution < 1.29 is 13.2 Å². The maximum atomic E-state index is 13.2. The smallest absolute Gasteiger partial charge is 0.264 e. The van der Waals surface area contributed by atoms with Gasteiger partial charge in [-0.25, -0.2) is 8.42 Å². The van der Waals surface area contributed by atoms with Crippen molar-refractivity contribution in [2.45, 2.75) is 11.3 Å². The van der Waals surface area contributed by atoms with Crippen LogP contribution in [0.15, 0.2) is 90.0 Å². The minimum Gasteiger partial charge on any atom is -0.361 e. The number of carbonyl (C=O) groups excluding carboxylic acids is 1. The Morgan fingerprint density at radius 3 is 2.42 bits per heavy atom. The number of nitrogens with one attached hydrogen (secondary N) is 2. The van der Waals surface area contributed by atoms with Crippen LogP contribution in [0.1, 0.15) is 15.9 Å². The number of hydrogen-bond donors (Lipinski definition) is 2. The Morgan fingerprint density at radius 2 is 1.61 bits per heavy atom. The van der Waals surface area contributed by atoms with E-state index in [2.05, 4.69) is 10.3 Å². The number of aromatic nitrogens is 1. The van der Waals surface area contributed by atoms with Gasteiger partial charge in [0.05, 0.1) is 11.3 Å². The SMILES string of the molecule is CN(c1ccccc1)S(=O)(=O)c1ccccc1C(=O)NCCc1c[nH]c2ccccc12. The number of amides is 1. The number of benzene rings is 3. The third-order valence-electron chi connectivity index (χ3n) is 5.24. The maximum absolute atomic E-state index is 13.2. The number of para-hydroxylation sites is 2. The van der Waals surface area contributed by atoms with Crippen LogP contribution in [0, 0.1) is 0 Å². The van der Waals surface area contributed by atoms with Gasteiger partial charge >= 0.3 is 0 Å². The number of hydrogen-bond acceptors (Lipinski definition) is 3. The van der Waals surface area contributed by atoms with Crippen LogP contribution < -0.4 is 9.62 Å². The fraction of sp³-hybridized carbons (Fsp3) is 0.125. The summed E-state index contributed by atoms with van der Waals surface area (Å²) in [4.78, 5) is 16.1. The zero-order chi connectivity index (χ0) is 21.8. The van der Waals surface area contributed by atoms with Gasteiger partial charge in [0.15, 0.2) is 0 Å². The first-order chi connectivity index (χ1) is 15.0. The molecule has 158 valence electrons. The highest BCUT2D eigenvalue weighted by Crippen LogP contribution is 2.24. The van der Waals surface area contributed by atoms with Crippen LogP contribution in [0.25, 0.3) is 10.9 Å². The predicted octanol–water partition coefficient (Wildman–Crippen LogP) is 3.97. The van der Waals surface area contributed by atoms with Gasteiger partial charge < -0.3 is 10.3 Å². The Kier molecular flexibility index (Phi) is 5.77. The quantitative estimate of drug-likeness (QED) is 0.463. The number of aromatic amines is 1. The summed E-state index contributed by atoms with van der Waals surface area (Å²) in [6.45, 7) is 0.392. The first kappa shape index (κ1) is 20.7. The van der Waals surface area contributed by atoms with Gasteiger partial charge in [-0.2, -0.15) is 0 Å². The van der Waals surface area contributed by atoms with E-state index in [1.54, 1.807) is 36.4 Å². The summed E-state index contributed by atoms with van der Waals surface area (Å²) in [5.41, 5.74) is 2.80. The number of carbonyl (C=O) groups is 1. The number of anilines is 1. The molecule has 0 saturated heterocycles. The van der Waals surface area contributed by atoms with Crippen LogP contribution in [0.5, 0.6) is 0 Å². The first-order valence-electron chi connectivity index (χ1n) is 9.94. The van der Waals surface area contributed by atoms with Gasteiger partial charge in [-0.3, -0.25) is 9.10 Å². The molecule has 0 bridgehead atoms. The molecular formula is C24H23N3O3S. The van der Waals surface area contributed by atoms with Crippen LogP contribution >= 0.6 is 0 Å². The average molecular weight is 434 g/mol. The van der Waals surface area contributed by atoms with E-state index < -0.39 is 15.9 Å². The summed E-state index contributed by atoms with van der Waals surface area (Å²) in [5.74, 6) is -0.416. The molecule has 7 heteroatoms. The zero-order valence-electron chi connectivity index (χ0n) is 17.1. The molecule has 0 atom stereocenters. The molecule has 0 aliphatic carbocycles. The normalized spacial score (nSPS) is 11.4. The average Bonchev–Trinajstić information content (AvgIpc) is 3.22. The van der Waals surface area contributed by atoms with Crippen molar-refractivity contribution in [1.29, 1.82) is 0 Å². The molecule has 1 heterocycles. The molecule has 0 spiro atoms. The lowest BCUT2D eigenvalue weighted by atomic mass is 10.1. The predicted molar refractivity (Wildman–Crippen MR) is 123 cm³/mol. The number of sulfonamides is 1. The Balaban J connectivity index is 1.52. The second-order valence-corrected chi connectivity index (χ2v) is 9.11. The van der Waals surface area contributed by atoms with Gasteiger partial charge in [0, 0.05) is 30.7 Å². The second kappa shape index (κ2) is 8.65. The maximum Gasteiger partial charge on any atom is 0.264 e. The van der Waals surface area contributed by atoms with Crippen LogP contribution in [-0.4, -0.2) is 32.9 Å². The second-order valence-electron chi connectivity index (χ2n) is 7.17. The molecule has 4 rings (SSSR count). The summed E-state index contributed by atoms with van der Waals surface area (Å²) < 4.78 is 27.6. The molecule has 6 nitrogen and oxygen atoms in total. The number of H-pyrrole nitrogens is 1. The van der Waals surface area contributed by atoms with Crippen molar-refractivity contribution in [3.8, 4) is 0 Å². The lowest BCUT2D eigenvalue weighted by molar-refractivity contribution is 0.0951. The van der Waals surface area contributed by atoms with E-state index in [-0.39, 0.29) is 10.5 Å². The molecule has 2 N–H and O–H groups in total. The summed E-state index contributed by atoms with van der Waals surface area (Å²) in [5, 5.41) is 3.97. The van der Waals surface area contributed by atoms with E-state index in [0.29, 0.717) is 18.7 Å². The van der Waals surface area contributed by atoms with Gasteiger partial charge in [-0.1, -0.05) is 48.5 Å². The van der Waals surface area contributed by atoms with Crippen LogP contribution in [0.3, 0.4) is 0 Å². The highest BCUT2D eigenvalue weighted by atomic mass is 32.2. The Hall–Kier alpha value is -3.58. The zero-order valence-corrected chi connectivity index (χ0v) is 17.9. The van der Waals surface area contributed by atoms with E-state index >= 15 is 0 Å². The summed E-state index contributed by atoms with van der Waals surface area (Å²) >= 11 is 0. The lowest BCUT2D eigenvalue weighted by Crippen LogP contribution is -2.31. The van der Waals surface area contributed by atoms with E-state index in [9.17, 15) is 13.2 Å². The lowest BCUT2D eigenvalue weighted by Gasteiger charge is -2.21. The highest BCUT2D eigenvalue weighted by molar-refractivity contribution is 7.92. The Morgan fingerprint density at radius 1 is 0.935 bits per heavy atom. The monoisotopic (exact) mass is 433 g/mol.